The molecule has 2 aromatic rings. The lowest BCUT2D eigenvalue weighted by molar-refractivity contribution is 0.0953. The Bertz CT molecular complexity index is 496. The fraction of sp³-hybridized carbons (Fsp3) is 0.182. The van der Waals surface area contributed by atoms with Crippen molar-refractivity contribution in [3.8, 4) is 5.75 Å². The van der Waals surface area contributed by atoms with E-state index in [1.807, 2.05) is 0 Å². The second kappa shape index (κ2) is 5.11. The minimum Gasteiger partial charge on any atom is -0.506 e. The van der Waals surface area contributed by atoms with Gasteiger partial charge >= 0.3 is 0 Å². The summed E-state index contributed by atoms with van der Waals surface area (Å²) in [5, 5.41) is 11.9. The number of hydrogen-bond donors (Lipinski definition) is 3. The van der Waals surface area contributed by atoms with Gasteiger partial charge in [0.1, 0.15) is 5.75 Å². The molecule has 0 fully saturated rings. The fourth-order valence-electron chi connectivity index (χ4n) is 1.39. The summed E-state index contributed by atoms with van der Waals surface area (Å²) < 4.78 is 0. The Morgan fingerprint density at radius 1 is 1.35 bits per heavy atom. The molecule has 6 heteroatoms. The van der Waals surface area contributed by atoms with Crippen LogP contribution >= 0.6 is 0 Å². The second-order valence-electron chi connectivity index (χ2n) is 3.51. The Hall–Kier alpha value is -2.37. The van der Waals surface area contributed by atoms with Crippen LogP contribution in [0.25, 0.3) is 0 Å². The Morgan fingerprint density at radius 2 is 2.24 bits per heavy atom. The van der Waals surface area contributed by atoms with Crippen LogP contribution in [0.1, 0.15) is 16.1 Å². The number of aromatic hydroxyl groups is 1. The van der Waals surface area contributed by atoms with Crippen molar-refractivity contribution in [2.75, 3.05) is 6.54 Å². The summed E-state index contributed by atoms with van der Waals surface area (Å²) in [6.07, 6.45) is 6.67. The van der Waals surface area contributed by atoms with Crippen LogP contribution in [0, 0.1) is 0 Å². The number of carbonyl (C=O) groups excluding carboxylic acids is 1. The zero-order valence-corrected chi connectivity index (χ0v) is 9.05. The number of nitrogens with one attached hydrogen (secondary N) is 2. The highest BCUT2D eigenvalue weighted by Crippen LogP contribution is 2.07. The number of H-pyrrole nitrogens is 1. The summed E-state index contributed by atoms with van der Waals surface area (Å²) in [6.45, 7) is 0.497. The Labute approximate surface area is 97.7 Å². The summed E-state index contributed by atoms with van der Waals surface area (Å²) in [7, 11) is 0. The zero-order valence-electron chi connectivity index (χ0n) is 9.05. The number of imidazole rings is 1. The van der Waals surface area contributed by atoms with Gasteiger partial charge in [-0.1, -0.05) is 0 Å². The number of carbonyl (C=O) groups is 1. The van der Waals surface area contributed by atoms with Crippen molar-refractivity contribution in [3.05, 3.63) is 42.2 Å². The van der Waals surface area contributed by atoms with Crippen LogP contribution in [0.15, 0.2) is 31.0 Å². The van der Waals surface area contributed by atoms with Crippen LogP contribution in [-0.4, -0.2) is 32.5 Å². The molecule has 17 heavy (non-hydrogen) atoms. The first kappa shape index (κ1) is 11.1. The first-order valence-corrected chi connectivity index (χ1v) is 5.15. The van der Waals surface area contributed by atoms with E-state index in [9.17, 15) is 9.90 Å². The van der Waals surface area contributed by atoms with E-state index < -0.39 is 0 Å². The Kier molecular flexibility index (Phi) is 3.34. The first-order chi connectivity index (χ1) is 8.25. The molecule has 0 aliphatic rings. The molecule has 0 saturated heterocycles. The molecule has 88 valence electrons. The van der Waals surface area contributed by atoms with Gasteiger partial charge in [0, 0.05) is 31.1 Å². The van der Waals surface area contributed by atoms with E-state index >= 15 is 0 Å². The average Bonchev–Trinajstić information content (AvgIpc) is 2.82. The maximum Gasteiger partial charge on any atom is 0.252 e. The normalized spacial score (nSPS) is 10.1. The quantitative estimate of drug-likeness (QED) is 0.715. The first-order valence-electron chi connectivity index (χ1n) is 5.15. The van der Waals surface area contributed by atoms with Crippen LogP contribution in [0.3, 0.4) is 0 Å². The molecular weight excluding hydrogens is 220 g/mol. The summed E-state index contributed by atoms with van der Waals surface area (Å²) >= 11 is 0. The van der Waals surface area contributed by atoms with Gasteiger partial charge in [-0.25, -0.2) is 4.98 Å². The molecule has 0 unspecified atom stereocenters. The van der Waals surface area contributed by atoms with E-state index in [1.54, 1.807) is 12.5 Å². The summed E-state index contributed by atoms with van der Waals surface area (Å²) in [5.41, 5.74) is 1.30. The van der Waals surface area contributed by atoms with Gasteiger partial charge in [0.15, 0.2) is 0 Å². The van der Waals surface area contributed by atoms with Crippen molar-refractivity contribution < 1.29 is 9.90 Å². The van der Waals surface area contributed by atoms with Gasteiger partial charge < -0.3 is 15.4 Å². The van der Waals surface area contributed by atoms with Gasteiger partial charge in [-0.2, -0.15) is 0 Å². The fourth-order valence-corrected chi connectivity index (χ4v) is 1.39. The van der Waals surface area contributed by atoms with Crippen LogP contribution in [-0.2, 0) is 6.42 Å². The summed E-state index contributed by atoms with van der Waals surface area (Å²) in [6, 6.07) is 1.37. The maximum atomic E-state index is 11.6. The van der Waals surface area contributed by atoms with Crippen molar-refractivity contribution in [1.82, 2.24) is 20.3 Å². The molecule has 2 heterocycles. The van der Waals surface area contributed by atoms with Gasteiger partial charge in [0.05, 0.1) is 18.1 Å². The van der Waals surface area contributed by atoms with Gasteiger partial charge in [-0.15, -0.1) is 0 Å². The lowest BCUT2D eigenvalue weighted by Crippen LogP contribution is -2.25. The molecule has 0 aliphatic carbocycles. The minimum atomic E-state index is -0.257. The van der Waals surface area contributed by atoms with Crippen molar-refractivity contribution in [1.29, 1.82) is 0 Å². The van der Waals surface area contributed by atoms with E-state index in [1.165, 1.54) is 18.5 Å². The molecule has 0 atom stereocenters. The number of hydrogen-bond acceptors (Lipinski definition) is 4. The molecule has 2 rings (SSSR count). The van der Waals surface area contributed by atoms with Crippen molar-refractivity contribution in [2.45, 2.75) is 6.42 Å². The predicted octanol–water partition coefficient (Wildman–Crippen LogP) is 0.483. The molecule has 0 saturated carbocycles. The summed E-state index contributed by atoms with van der Waals surface area (Å²) in [5.74, 6) is -0.279. The SMILES string of the molecule is O=C(NCCc1cnc[nH]1)c1cncc(O)c1. The molecular formula is C11H12N4O2. The molecule has 3 N–H and O–H groups in total. The highest BCUT2D eigenvalue weighted by Gasteiger charge is 2.06. The van der Waals surface area contributed by atoms with Crippen molar-refractivity contribution in [2.24, 2.45) is 0 Å². The maximum absolute atomic E-state index is 11.6. The summed E-state index contributed by atoms with van der Waals surface area (Å²) in [4.78, 5) is 22.2. The van der Waals surface area contributed by atoms with Gasteiger partial charge in [-0.3, -0.25) is 9.78 Å². The zero-order chi connectivity index (χ0) is 12.1. The third-order valence-corrected chi connectivity index (χ3v) is 2.22. The lowest BCUT2D eigenvalue weighted by atomic mass is 10.2. The topological polar surface area (TPSA) is 90.9 Å². The molecule has 1 amide bonds. The number of aromatic amines is 1. The van der Waals surface area contributed by atoms with E-state index in [0.717, 1.165) is 5.69 Å². The van der Waals surface area contributed by atoms with Gasteiger partial charge in [-0.05, 0) is 6.07 Å². The minimum absolute atomic E-state index is 0.0220. The molecule has 0 bridgehead atoms. The van der Waals surface area contributed by atoms with Crippen LogP contribution in [0.4, 0.5) is 0 Å². The van der Waals surface area contributed by atoms with Crippen LogP contribution in [0.5, 0.6) is 5.75 Å². The molecule has 0 spiro atoms. The third-order valence-electron chi connectivity index (χ3n) is 2.22. The number of aromatic nitrogens is 3. The number of pyridine rings is 1. The van der Waals surface area contributed by atoms with Gasteiger partial charge in [0.2, 0.25) is 0 Å². The van der Waals surface area contributed by atoms with E-state index in [2.05, 4.69) is 20.3 Å². The highest BCUT2D eigenvalue weighted by atomic mass is 16.3. The molecule has 2 aromatic heterocycles. The predicted molar refractivity (Wildman–Crippen MR) is 60.5 cm³/mol. The number of amides is 1. The molecule has 0 aliphatic heterocycles. The Balaban J connectivity index is 1.85. The third kappa shape index (κ3) is 3.04. The second-order valence-corrected chi connectivity index (χ2v) is 3.51. The monoisotopic (exact) mass is 232 g/mol. The number of rotatable bonds is 4. The van der Waals surface area contributed by atoms with E-state index in [0.29, 0.717) is 18.5 Å². The smallest absolute Gasteiger partial charge is 0.252 e. The number of nitrogens with zero attached hydrogens (tertiary/aromatic N) is 2. The molecule has 0 radical (unpaired) electrons. The van der Waals surface area contributed by atoms with Crippen LogP contribution in [0.2, 0.25) is 0 Å². The standard InChI is InChI=1S/C11H12N4O2/c16-10-3-8(4-12-6-10)11(17)14-2-1-9-5-13-7-15-9/h3-7,16H,1-2H2,(H,13,15)(H,14,17). The van der Waals surface area contributed by atoms with E-state index in [4.69, 9.17) is 0 Å². The lowest BCUT2D eigenvalue weighted by Gasteiger charge is -2.04. The Morgan fingerprint density at radius 3 is 2.94 bits per heavy atom. The van der Waals surface area contributed by atoms with Crippen molar-refractivity contribution >= 4 is 5.91 Å². The average molecular weight is 232 g/mol. The highest BCUT2D eigenvalue weighted by molar-refractivity contribution is 5.94. The molecule has 0 aromatic carbocycles. The van der Waals surface area contributed by atoms with Crippen LogP contribution < -0.4 is 5.32 Å². The van der Waals surface area contributed by atoms with E-state index in [-0.39, 0.29) is 11.7 Å². The van der Waals surface area contributed by atoms with Gasteiger partial charge in [0.25, 0.3) is 5.91 Å². The van der Waals surface area contributed by atoms with Crippen molar-refractivity contribution in [3.63, 3.8) is 0 Å². The molecule has 6 nitrogen and oxygen atoms in total. The largest absolute Gasteiger partial charge is 0.506 e.